The minimum atomic E-state index is -0.447. The molecule has 0 unspecified atom stereocenters. The summed E-state index contributed by atoms with van der Waals surface area (Å²) in [5.74, 6) is -0.447. The van der Waals surface area contributed by atoms with Crippen LogP contribution in [0.2, 0.25) is 5.02 Å². The molecule has 1 aliphatic rings. The maximum Gasteiger partial charge on any atom is 0.267 e. The van der Waals surface area contributed by atoms with Crippen molar-refractivity contribution in [2.75, 3.05) is 44.6 Å². The summed E-state index contributed by atoms with van der Waals surface area (Å²) in [5.41, 5.74) is 1.53. The number of nitrogens with one attached hydrogen (secondary N) is 3. The average molecular weight is 348 g/mol. The monoisotopic (exact) mass is 347 g/mol. The highest BCUT2D eigenvalue weighted by Crippen LogP contribution is 2.20. The normalized spacial score (nSPS) is 15.6. The van der Waals surface area contributed by atoms with Crippen molar-refractivity contribution >= 4 is 23.2 Å². The molecule has 0 aromatic heterocycles. The Hall–Kier alpha value is -2.07. The molecule has 1 heterocycles. The molecule has 3 N–H and O–H groups in total. The molecule has 1 saturated heterocycles. The van der Waals surface area contributed by atoms with Crippen LogP contribution in [0.5, 0.6) is 0 Å². The van der Waals surface area contributed by atoms with Crippen molar-refractivity contribution < 1.29 is 4.79 Å². The minimum absolute atomic E-state index is 0.0367. The lowest BCUT2D eigenvalue weighted by atomic mass is 10.2. The van der Waals surface area contributed by atoms with E-state index in [9.17, 15) is 10.1 Å². The number of hydrogen-bond acceptors (Lipinski definition) is 5. The first-order valence-corrected chi connectivity index (χ1v) is 8.32. The third-order valence-corrected chi connectivity index (χ3v) is 4.08. The zero-order valence-electron chi connectivity index (χ0n) is 13.7. The van der Waals surface area contributed by atoms with Crippen LogP contribution in [0.3, 0.4) is 0 Å². The Morgan fingerprint density at radius 2 is 2.21 bits per heavy atom. The van der Waals surface area contributed by atoms with Crippen LogP contribution < -0.4 is 16.0 Å². The molecule has 0 spiro atoms. The molecule has 1 aliphatic heterocycles. The van der Waals surface area contributed by atoms with Crippen LogP contribution >= 0.6 is 11.6 Å². The molecule has 0 aliphatic carbocycles. The Morgan fingerprint density at radius 1 is 1.46 bits per heavy atom. The molecule has 6 nitrogen and oxygen atoms in total. The Balaban J connectivity index is 1.86. The van der Waals surface area contributed by atoms with Crippen molar-refractivity contribution in [3.8, 4) is 6.07 Å². The molecule has 1 fully saturated rings. The number of piperazine rings is 1. The van der Waals surface area contributed by atoms with E-state index >= 15 is 0 Å². The Morgan fingerprint density at radius 3 is 2.92 bits per heavy atom. The number of carbonyl (C=O) groups is 1. The molecule has 0 atom stereocenters. The van der Waals surface area contributed by atoms with Crippen LogP contribution in [-0.2, 0) is 4.79 Å². The highest BCUT2D eigenvalue weighted by molar-refractivity contribution is 6.31. The predicted molar refractivity (Wildman–Crippen MR) is 95.8 cm³/mol. The summed E-state index contributed by atoms with van der Waals surface area (Å²) in [4.78, 5) is 14.5. The summed E-state index contributed by atoms with van der Waals surface area (Å²) in [7, 11) is 0. The lowest BCUT2D eigenvalue weighted by molar-refractivity contribution is -0.112. The van der Waals surface area contributed by atoms with Crippen LogP contribution in [-0.4, -0.2) is 50.1 Å². The SMILES string of the molecule is Cc1ccc(Cl)cc1NC(=O)/C(C#N)=C\NCCN1CCNCC1. The van der Waals surface area contributed by atoms with E-state index in [1.54, 1.807) is 12.1 Å². The van der Waals surface area contributed by atoms with Gasteiger partial charge >= 0.3 is 0 Å². The lowest BCUT2D eigenvalue weighted by Crippen LogP contribution is -2.45. The topological polar surface area (TPSA) is 80.2 Å². The van der Waals surface area contributed by atoms with Gasteiger partial charge in [-0.2, -0.15) is 5.26 Å². The van der Waals surface area contributed by atoms with Crippen molar-refractivity contribution in [1.82, 2.24) is 15.5 Å². The number of hydrogen-bond donors (Lipinski definition) is 3. The van der Waals surface area contributed by atoms with Crippen LogP contribution in [0, 0.1) is 18.3 Å². The van der Waals surface area contributed by atoms with Crippen LogP contribution in [0.15, 0.2) is 30.0 Å². The van der Waals surface area contributed by atoms with Gasteiger partial charge in [-0.1, -0.05) is 17.7 Å². The lowest BCUT2D eigenvalue weighted by Gasteiger charge is -2.26. The van der Waals surface area contributed by atoms with Gasteiger partial charge in [-0.25, -0.2) is 0 Å². The Labute approximate surface area is 147 Å². The Bertz CT molecular complexity index is 647. The molecule has 128 valence electrons. The summed E-state index contributed by atoms with van der Waals surface area (Å²) >= 11 is 5.94. The molecule has 1 amide bonds. The van der Waals surface area contributed by atoms with Crippen molar-refractivity contribution in [2.45, 2.75) is 6.92 Å². The molecule has 7 heteroatoms. The summed E-state index contributed by atoms with van der Waals surface area (Å²) in [5, 5.41) is 18.8. The molecule has 0 bridgehead atoms. The van der Waals surface area contributed by atoms with Gasteiger partial charge in [0.15, 0.2) is 0 Å². The summed E-state index contributed by atoms with van der Waals surface area (Å²) in [6.07, 6.45) is 1.47. The second-order valence-corrected chi connectivity index (χ2v) is 6.07. The van der Waals surface area contributed by atoms with Gasteiger partial charge < -0.3 is 16.0 Å². The number of nitriles is 1. The number of amides is 1. The smallest absolute Gasteiger partial charge is 0.267 e. The first-order chi connectivity index (χ1) is 11.6. The minimum Gasteiger partial charge on any atom is -0.388 e. The molecule has 2 rings (SSSR count). The van der Waals surface area contributed by atoms with Crippen LogP contribution in [0.1, 0.15) is 5.56 Å². The molecule has 1 aromatic carbocycles. The van der Waals surface area contributed by atoms with Crippen LogP contribution in [0.25, 0.3) is 0 Å². The van der Waals surface area contributed by atoms with Crippen molar-refractivity contribution in [2.24, 2.45) is 0 Å². The van der Waals surface area contributed by atoms with Crippen molar-refractivity contribution in [3.63, 3.8) is 0 Å². The number of halogens is 1. The van der Waals surface area contributed by atoms with E-state index < -0.39 is 5.91 Å². The first-order valence-electron chi connectivity index (χ1n) is 7.94. The molecular weight excluding hydrogens is 326 g/mol. The molecule has 1 aromatic rings. The third-order valence-electron chi connectivity index (χ3n) is 3.84. The summed E-state index contributed by atoms with van der Waals surface area (Å²) in [6, 6.07) is 7.17. The second kappa shape index (κ2) is 9.28. The molecule has 24 heavy (non-hydrogen) atoms. The summed E-state index contributed by atoms with van der Waals surface area (Å²) in [6.45, 7) is 7.48. The fraction of sp³-hybridized carbons (Fsp3) is 0.412. The van der Waals surface area contributed by atoms with Crippen LogP contribution in [0.4, 0.5) is 5.69 Å². The average Bonchev–Trinajstić information content (AvgIpc) is 2.59. The fourth-order valence-corrected chi connectivity index (χ4v) is 2.57. The molecule has 0 radical (unpaired) electrons. The largest absolute Gasteiger partial charge is 0.388 e. The van der Waals surface area contributed by atoms with E-state index in [4.69, 9.17) is 11.6 Å². The van der Waals surface area contributed by atoms with Crippen molar-refractivity contribution in [3.05, 3.63) is 40.6 Å². The number of anilines is 1. The quantitative estimate of drug-likeness (QED) is 0.413. The number of rotatable bonds is 6. The molecule has 0 saturated carbocycles. The van der Waals surface area contributed by atoms with E-state index in [0.717, 1.165) is 38.3 Å². The number of nitrogens with zero attached hydrogens (tertiary/aromatic N) is 2. The van der Waals surface area contributed by atoms with E-state index in [0.29, 0.717) is 17.3 Å². The standard InChI is InChI=1S/C17H22ClN5O/c1-13-2-3-15(18)10-16(13)22-17(24)14(11-19)12-21-6-9-23-7-4-20-5-8-23/h2-3,10,12,20-21H,4-9H2,1H3,(H,22,24)/b14-12-. The van der Waals surface area contributed by atoms with Gasteiger partial charge in [0.1, 0.15) is 11.6 Å². The highest BCUT2D eigenvalue weighted by atomic mass is 35.5. The highest BCUT2D eigenvalue weighted by Gasteiger charge is 2.11. The van der Waals surface area contributed by atoms with Crippen molar-refractivity contribution in [1.29, 1.82) is 5.26 Å². The number of benzene rings is 1. The van der Waals surface area contributed by atoms with Gasteiger partial charge in [0.25, 0.3) is 5.91 Å². The zero-order valence-corrected chi connectivity index (χ0v) is 14.5. The predicted octanol–water partition coefficient (Wildman–Crippen LogP) is 1.49. The van der Waals surface area contributed by atoms with E-state index in [-0.39, 0.29) is 5.57 Å². The maximum absolute atomic E-state index is 12.2. The maximum atomic E-state index is 12.2. The van der Waals surface area contributed by atoms with Gasteiger partial charge in [-0.05, 0) is 24.6 Å². The number of carbonyl (C=O) groups excluding carboxylic acids is 1. The fourth-order valence-electron chi connectivity index (χ4n) is 2.40. The van der Waals surface area contributed by atoms with E-state index in [1.807, 2.05) is 19.1 Å². The van der Waals surface area contributed by atoms with Gasteiger partial charge in [0.2, 0.25) is 0 Å². The summed E-state index contributed by atoms with van der Waals surface area (Å²) < 4.78 is 0. The molecular formula is C17H22ClN5O. The third kappa shape index (κ3) is 5.53. The van der Waals surface area contributed by atoms with E-state index in [2.05, 4.69) is 20.9 Å². The Kier molecular flexibility index (Phi) is 7.07. The van der Waals surface area contributed by atoms with Gasteiger partial charge in [0.05, 0.1) is 0 Å². The van der Waals surface area contributed by atoms with E-state index in [1.165, 1.54) is 6.20 Å². The second-order valence-electron chi connectivity index (χ2n) is 5.63. The zero-order chi connectivity index (χ0) is 17.4. The van der Waals surface area contributed by atoms with Gasteiger partial charge in [-0.15, -0.1) is 0 Å². The van der Waals surface area contributed by atoms with Gasteiger partial charge in [0, 0.05) is 56.2 Å². The first kappa shape index (κ1) is 18.3. The number of aryl methyl sites for hydroxylation is 1. The van der Waals surface area contributed by atoms with Gasteiger partial charge in [-0.3, -0.25) is 9.69 Å².